The van der Waals surface area contributed by atoms with Crippen molar-refractivity contribution in [3.8, 4) is 0 Å². The summed E-state index contributed by atoms with van der Waals surface area (Å²) in [6, 6.07) is 0. The Morgan fingerprint density at radius 1 is 0.176 bits per heavy atom. The van der Waals surface area contributed by atoms with Gasteiger partial charge in [-0.05, 0) is 53.3 Å². The highest BCUT2D eigenvalue weighted by atomic mass is 14.0. The molecule has 0 heterocycles. The van der Waals surface area contributed by atoms with Crippen LogP contribution in [0.15, 0.2) is 0 Å². The Morgan fingerprint density at radius 2 is 0.378 bits per heavy atom. The summed E-state index contributed by atoms with van der Waals surface area (Å²) in [6.45, 7) is 69.6. The number of hydrogen-bond acceptors (Lipinski definition) is 0. The second-order valence-corrected chi connectivity index (χ2v) is 24.1. The zero-order valence-electron chi connectivity index (χ0n) is 58.8. The molecule has 0 saturated heterocycles. The topological polar surface area (TPSA) is 0 Å². The predicted octanol–water partition coefficient (Wildman–Crippen LogP) is 30.8. The Labute approximate surface area is 485 Å². The van der Waals surface area contributed by atoms with E-state index < -0.39 is 0 Å². The van der Waals surface area contributed by atoms with Crippen molar-refractivity contribution in [3.63, 3.8) is 0 Å². The zero-order chi connectivity index (χ0) is 58.8. The molecule has 0 bridgehead atoms. The van der Waals surface area contributed by atoms with Crippen molar-refractivity contribution < 1.29 is 0 Å². The first kappa shape index (κ1) is 106. The molecule has 470 valence electrons. The minimum Gasteiger partial charge on any atom is -0.0776 e. The van der Waals surface area contributed by atoms with Crippen LogP contribution in [-0.4, -0.2) is 0 Å². The molecule has 0 heteroatoms. The highest BCUT2D eigenvalue weighted by Crippen LogP contribution is 2.14. The van der Waals surface area contributed by atoms with E-state index in [0.717, 1.165) is 53.3 Å². The van der Waals surface area contributed by atoms with E-state index >= 15 is 0 Å². The highest BCUT2D eigenvalue weighted by Gasteiger charge is 1.98. The molecule has 0 aliphatic carbocycles. The monoisotopic (exact) mass is 1060 g/mol. The van der Waals surface area contributed by atoms with Gasteiger partial charge in [-0.25, -0.2) is 0 Å². The molecule has 74 heavy (non-hydrogen) atoms. The first-order chi connectivity index (χ1) is 33.9. The fraction of sp³-hybridized carbons (Fsp3) is 1.00. The molecule has 0 radical (unpaired) electrons. The highest BCUT2D eigenvalue weighted by molar-refractivity contribution is 4.52. The van der Waals surface area contributed by atoms with Crippen molar-refractivity contribution in [2.45, 2.75) is 435 Å². The molecule has 0 amide bonds. The van der Waals surface area contributed by atoms with Gasteiger partial charge in [0, 0.05) is 0 Å². The minimum absolute atomic E-state index is 0. The standard InChI is InChI=1S/C10H22.C9H20.2C8H18.2C7H16.2C6H14.C5H12.2C3H8.2CH4/c1-4-6-7-8-9-10(3)5-2;1-4-6-7-8-9(3)5-2;1-4-5-6-7-8(2)3;1-4-6-7-8(3)5-2;1-4-5-6-7(2)3;1-4-6-7(3)5-2;1-4-5-6(2)3;1-4-6(3)5-2;1-4-5(2)3;2*1-3-2;;/h10H,4-9H2,1-3H3;9H,4-8H2,1-3H3;2*8H,4-7H2,1-3H3;2*7H,4-6H2,1-3H3;2*6H,4-5H2,1-3H3;5H,4H2,1-3H3;2*3H2,1-2H3;2*1H4. The molecule has 4 unspecified atom stereocenters. The van der Waals surface area contributed by atoms with Crippen molar-refractivity contribution in [2.24, 2.45) is 53.3 Å². The molecule has 0 nitrogen and oxygen atoms in total. The van der Waals surface area contributed by atoms with E-state index in [4.69, 9.17) is 0 Å². The Kier molecular flexibility index (Phi) is 156. The van der Waals surface area contributed by atoms with E-state index in [1.807, 2.05) is 0 Å². The molecule has 0 N–H and O–H groups in total. The average molecular weight is 1060 g/mol. The Morgan fingerprint density at radius 3 is 0.554 bits per heavy atom. The quantitative estimate of drug-likeness (QED) is 0.0629. The van der Waals surface area contributed by atoms with Crippen molar-refractivity contribution in [2.75, 3.05) is 0 Å². The normalized spacial score (nSPS) is 11.2. The molecule has 0 saturated carbocycles. The minimum atomic E-state index is 0. The van der Waals surface area contributed by atoms with E-state index in [2.05, 4.69) is 215 Å². The van der Waals surface area contributed by atoms with E-state index in [1.54, 1.807) is 0 Å². The molecule has 0 aliphatic rings. The van der Waals surface area contributed by atoms with Gasteiger partial charge in [0.25, 0.3) is 0 Å². The summed E-state index contributed by atoms with van der Waals surface area (Å²) in [5, 5.41) is 0. The van der Waals surface area contributed by atoms with Gasteiger partial charge in [0.2, 0.25) is 0 Å². The smallest absolute Gasteiger partial charge is 0.0445 e. The van der Waals surface area contributed by atoms with E-state index in [-0.39, 0.29) is 14.9 Å². The van der Waals surface area contributed by atoms with Crippen molar-refractivity contribution in [3.05, 3.63) is 0 Å². The second-order valence-electron chi connectivity index (χ2n) is 24.1. The fourth-order valence-corrected chi connectivity index (χ4v) is 5.81. The maximum atomic E-state index is 2.35. The molecule has 0 aromatic carbocycles. The number of unbranched alkanes of at least 4 members (excludes halogenated alkanes) is 9. The van der Waals surface area contributed by atoms with Crippen LogP contribution in [-0.2, 0) is 0 Å². The van der Waals surface area contributed by atoms with E-state index in [1.165, 1.54) is 205 Å². The predicted molar refractivity (Wildman–Crippen MR) is 369 cm³/mol. The average Bonchev–Trinajstić information content (AvgIpc) is 3.35. The molecular weight excluding hydrogens is 889 g/mol. The number of hydrogen-bond donors (Lipinski definition) is 0. The van der Waals surface area contributed by atoms with Crippen LogP contribution in [0.4, 0.5) is 0 Å². The van der Waals surface area contributed by atoms with Gasteiger partial charge in [0.05, 0.1) is 0 Å². The SMILES string of the molecule is C.C.CCC.CCC.CCC(C)C.CCC(C)CC.CCCC(C)C.CCCC(C)CC.CCCCC(C)C.CCCCC(C)CC.CCCCCC(C)C.CCCCCC(C)CC.CCCCCCC(C)CC. The van der Waals surface area contributed by atoms with Gasteiger partial charge >= 0.3 is 0 Å². The largest absolute Gasteiger partial charge is 0.0776 e. The fourth-order valence-electron chi connectivity index (χ4n) is 5.81. The lowest BCUT2D eigenvalue weighted by atomic mass is 10.0. The van der Waals surface area contributed by atoms with Crippen LogP contribution < -0.4 is 0 Å². The maximum Gasteiger partial charge on any atom is -0.0445 e. The van der Waals surface area contributed by atoms with Crippen LogP contribution in [0.2, 0.25) is 0 Å². The molecular formula is C74H174. The van der Waals surface area contributed by atoms with Crippen molar-refractivity contribution in [1.82, 2.24) is 0 Å². The molecule has 0 aromatic heterocycles. The zero-order valence-corrected chi connectivity index (χ0v) is 58.8. The molecule has 4 atom stereocenters. The molecule has 0 spiro atoms. The van der Waals surface area contributed by atoms with E-state index in [9.17, 15) is 0 Å². The van der Waals surface area contributed by atoms with Gasteiger partial charge in [0.15, 0.2) is 0 Å². The Hall–Kier alpha value is 0. The third-order valence-corrected chi connectivity index (χ3v) is 13.1. The summed E-state index contributed by atoms with van der Waals surface area (Å²) in [4.78, 5) is 0. The van der Waals surface area contributed by atoms with Crippen LogP contribution in [0.1, 0.15) is 435 Å². The van der Waals surface area contributed by atoms with Crippen LogP contribution in [0, 0.1) is 53.3 Å². The number of rotatable bonds is 30. The lowest BCUT2D eigenvalue weighted by Crippen LogP contribution is -1.91. The summed E-state index contributed by atoms with van der Waals surface area (Å²) in [6.07, 6.45) is 44.0. The van der Waals surface area contributed by atoms with Crippen LogP contribution >= 0.6 is 0 Å². The summed E-state index contributed by atoms with van der Waals surface area (Å²) in [5.74, 6) is 8.34. The van der Waals surface area contributed by atoms with Crippen LogP contribution in [0.25, 0.3) is 0 Å². The lowest BCUT2D eigenvalue weighted by molar-refractivity contribution is 0.477. The Bertz CT molecular complexity index is 680. The molecule has 0 aromatic rings. The summed E-state index contributed by atoms with van der Waals surface area (Å²) in [5.41, 5.74) is 0. The van der Waals surface area contributed by atoms with Crippen molar-refractivity contribution >= 4 is 0 Å². The third-order valence-electron chi connectivity index (χ3n) is 13.1. The van der Waals surface area contributed by atoms with Gasteiger partial charge in [-0.2, -0.15) is 0 Å². The van der Waals surface area contributed by atoms with E-state index in [0.29, 0.717) is 0 Å². The van der Waals surface area contributed by atoms with Crippen LogP contribution in [0.5, 0.6) is 0 Å². The first-order valence-corrected chi connectivity index (χ1v) is 33.9. The van der Waals surface area contributed by atoms with Gasteiger partial charge < -0.3 is 0 Å². The Balaban J connectivity index is -0.0000000508. The summed E-state index contributed by atoms with van der Waals surface area (Å²) >= 11 is 0. The van der Waals surface area contributed by atoms with Gasteiger partial charge in [-0.15, -0.1) is 0 Å². The van der Waals surface area contributed by atoms with Crippen LogP contribution in [0.3, 0.4) is 0 Å². The van der Waals surface area contributed by atoms with Gasteiger partial charge in [-0.1, -0.05) is 435 Å². The van der Waals surface area contributed by atoms with Gasteiger partial charge in [-0.3, -0.25) is 0 Å². The van der Waals surface area contributed by atoms with Crippen molar-refractivity contribution in [1.29, 1.82) is 0 Å². The second kappa shape index (κ2) is 109. The molecule has 0 fully saturated rings. The summed E-state index contributed by atoms with van der Waals surface area (Å²) < 4.78 is 0. The first-order valence-electron chi connectivity index (χ1n) is 33.9. The van der Waals surface area contributed by atoms with Gasteiger partial charge in [0.1, 0.15) is 0 Å². The lowest BCUT2D eigenvalue weighted by Gasteiger charge is -2.06. The maximum absolute atomic E-state index is 2.35. The molecule has 0 rings (SSSR count). The third kappa shape index (κ3) is 187. The summed E-state index contributed by atoms with van der Waals surface area (Å²) in [7, 11) is 0. The molecule has 0 aliphatic heterocycles.